The van der Waals surface area contributed by atoms with Gasteiger partial charge in [-0.05, 0) is 47.9 Å². The summed E-state index contributed by atoms with van der Waals surface area (Å²) in [7, 11) is 3.23. The Bertz CT molecular complexity index is 1060. The number of hydrogen-bond donors (Lipinski definition) is 1. The molecule has 0 spiro atoms. The van der Waals surface area contributed by atoms with E-state index in [9.17, 15) is 4.79 Å². The van der Waals surface area contributed by atoms with Gasteiger partial charge in [0.15, 0.2) is 11.5 Å². The number of halogens is 1. The SMILES string of the molecule is COc1ccc(CCNC(=O)c2cc3c(s2)-c2ccc(Cl)cc2SC3)cc1OC. The third-order valence-electron chi connectivity index (χ3n) is 4.75. The summed E-state index contributed by atoms with van der Waals surface area (Å²) in [5.41, 5.74) is 3.45. The molecule has 1 N–H and O–H groups in total. The lowest BCUT2D eigenvalue weighted by atomic mass is 10.1. The first-order valence-corrected chi connectivity index (χ1v) is 11.3. The molecule has 0 aliphatic carbocycles. The first-order valence-electron chi connectivity index (χ1n) is 9.13. The van der Waals surface area contributed by atoms with E-state index in [-0.39, 0.29) is 5.91 Å². The van der Waals surface area contributed by atoms with Crippen molar-refractivity contribution in [2.45, 2.75) is 17.1 Å². The Morgan fingerprint density at radius 2 is 1.93 bits per heavy atom. The second kappa shape index (κ2) is 8.69. The van der Waals surface area contributed by atoms with Crippen LogP contribution in [0.4, 0.5) is 0 Å². The fraction of sp³-hybridized carbons (Fsp3) is 0.227. The van der Waals surface area contributed by atoms with Gasteiger partial charge in [0.1, 0.15) is 0 Å². The zero-order chi connectivity index (χ0) is 20.4. The van der Waals surface area contributed by atoms with Crippen LogP contribution in [0.15, 0.2) is 47.4 Å². The molecule has 3 aromatic rings. The summed E-state index contributed by atoms with van der Waals surface area (Å²) in [6.45, 7) is 0.553. The minimum atomic E-state index is -0.0367. The van der Waals surface area contributed by atoms with Crippen molar-refractivity contribution in [3.05, 3.63) is 63.5 Å². The molecule has 0 radical (unpaired) electrons. The molecule has 0 saturated heterocycles. The molecule has 150 valence electrons. The molecular weight excluding hydrogens is 426 g/mol. The maximum atomic E-state index is 12.7. The van der Waals surface area contributed by atoms with Gasteiger partial charge in [-0.3, -0.25) is 4.79 Å². The quantitative estimate of drug-likeness (QED) is 0.531. The van der Waals surface area contributed by atoms with Crippen LogP contribution < -0.4 is 14.8 Å². The van der Waals surface area contributed by atoms with E-state index in [0.29, 0.717) is 24.5 Å². The Kier molecular flexibility index (Phi) is 6.04. The molecule has 0 atom stereocenters. The summed E-state index contributed by atoms with van der Waals surface area (Å²) >= 11 is 9.42. The number of amides is 1. The highest BCUT2D eigenvalue weighted by molar-refractivity contribution is 7.98. The van der Waals surface area contributed by atoms with Crippen LogP contribution in [0.25, 0.3) is 10.4 Å². The molecule has 4 nitrogen and oxygen atoms in total. The minimum Gasteiger partial charge on any atom is -0.493 e. The van der Waals surface area contributed by atoms with E-state index in [4.69, 9.17) is 21.1 Å². The zero-order valence-corrected chi connectivity index (χ0v) is 18.5. The Hall–Kier alpha value is -2.15. The standard InChI is InChI=1S/C22H20ClNO3S2/c1-26-17-6-3-13(9-18(17)27-2)7-8-24-22(25)20-10-14-12-28-19-11-15(23)4-5-16(19)21(14)29-20/h3-6,9-11H,7-8,12H2,1-2H3,(H,24,25). The van der Waals surface area contributed by atoms with E-state index in [2.05, 4.69) is 5.32 Å². The molecule has 29 heavy (non-hydrogen) atoms. The third-order valence-corrected chi connectivity index (χ3v) is 7.30. The molecule has 0 saturated carbocycles. The van der Waals surface area contributed by atoms with Crippen LogP contribution in [0.1, 0.15) is 20.8 Å². The lowest BCUT2D eigenvalue weighted by Crippen LogP contribution is -2.24. The smallest absolute Gasteiger partial charge is 0.261 e. The molecule has 1 aromatic heterocycles. The average Bonchev–Trinajstić information content (AvgIpc) is 3.18. The van der Waals surface area contributed by atoms with E-state index >= 15 is 0 Å². The fourth-order valence-electron chi connectivity index (χ4n) is 3.28. The number of benzene rings is 2. The van der Waals surface area contributed by atoms with E-state index < -0.39 is 0 Å². The average molecular weight is 446 g/mol. The topological polar surface area (TPSA) is 47.6 Å². The van der Waals surface area contributed by atoms with Gasteiger partial charge in [-0.2, -0.15) is 0 Å². The molecule has 2 heterocycles. The van der Waals surface area contributed by atoms with Gasteiger partial charge in [-0.25, -0.2) is 0 Å². The predicted octanol–water partition coefficient (Wildman–Crippen LogP) is 5.66. The normalized spacial score (nSPS) is 12.1. The van der Waals surface area contributed by atoms with Crippen molar-refractivity contribution in [1.29, 1.82) is 0 Å². The summed E-state index contributed by atoms with van der Waals surface area (Å²) in [6, 6.07) is 13.7. The molecule has 2 aromatic carbocycles. The molecule has 4 rings (SSSR count). The van der Waals surface area contributed by atoms with Gasteiger partial charge in [0.25, 0.3) is 5.91 Å². The van der Waals surface area contributed by atoms with Crippen molar-refractivity contribution in [1.82, 2.24) is 5.32 Å². The number of carbonyl (C=O) groups excluding carboxylic acids is 1. The van der Waals surface area contributed by atoms with Crippen LogP contribution in [-0.4, -0.2) is 26.7 Å². The van der Waals surface area contributed by atoms with Gasteiger partial charge in [0, 0.05) is 32.7 Å². The maximum Gasteiger partial charge on any atom is 0.261 e. The maximum absolute atomic E-state index is 12.7. The summed E-state index contributed by atoms with van der Waals surface area (Å²) in [4.78, 5) is 15.8. The Morgan fingerprint density at radius 1 is 1.10 bits per heavy atom. The first-order chi connectivity index (χ1) is 14.1. The highest BCUT2D eigenvalue weighted by Crippen LogP contribution is 2.46. The number of ether oxygens (including phenoxy) is 2. The van der Waals surface area contributed by atoms with Crippen LogP contribution in [0.2, 0.25) is 5.02 Å². The number of hydrogen-bond acceptors (Lipinski definition) is 5. The van der Waals surface area contributed by atoms with E-state index in [1.54, 1.807) is 37.3 Å². The van der Waals surface area contributed by atoms with Crippen molar-refractivity contribution in [3.63, 3.8) is 0 Å². The number of fused-ring (bicyclic) bond motifs is 3. The van der Waals surface area contributed by atoms with E-state index in [1.807, 2.05) is 42.5 Å². The number of thioether (sulfide) groups is 1. The van der Waals surface area contributed by atoms with Gasteiger partial charge in [-0.1, -0.05) is 23.7 Å². The third kappa shape index (κ3) is 4.25. The largest absolute Gasteiger partial charge is 0.493 e. The zero-order valence-electron chi connectivity index (χ0n) is 16.1. The molecule has 1 aliphatic heterocycles. The van der Waals surface area contributed by atoms with Crippen LogP contribution >= 0.6 is 34.7 Å². The van der Waals surface area contributed by atoms with Crippen LogP contribution in [0, 0.1) is 0 Å². The van der Waals surface area contributed by atoms with Crippen LogP contribution in [-0.2, 0) is 12.2 Å². The summed E-state index contributed by atoms with van der Waals surface area (Å²) in [5, 5.41) is 3.77. The lowest BCUT2D eigenvalue weighted by Gasteiger charge is -2.15. The molecular formula is C22H20ClNO3S2. The molecule has 1 aliphatic rings. The molecule has 0 bridgehead atoms. The lowest BCUT2D eigenvalue weighted by molar-refractivity contribution is 0.0958. The van der Waals surface area contributed by atoms with Crippen molar-refractivity contribution in [3.8, 4) is 21.9 Å². The minimum absolute atomic E-state index is 0.0367. The highest BCUT2D eigenvalue weighted by Gasteiger charge is 2.22. The summed E-state index contributed by atoms with van der Waals surface area (Å²) < 4.78 is 10.6. The molecule has 7 heteroatoms. The van der Waals surface area contributed by atoms with Crippen LogP contribution in [0.3, 0.4) is 0 Å². The Morgan fingerprint density at radius 3 is 2.72 bits per heavy atom. The highest BCUT2D eigenvalue weighted by atomic mass is 35.5. The monoisotopic (exact) mass is 445 g/mol. The Labute approximate surface area is 183 Å². The van der Waals surface area contributed by atoms with Crippen LogP contribution in [0.5, 0.6) is 11.5 Å². The number of methoxy groups -OCH3 is 2. The number of nitrogens with one attached hydrogen (secondary N) is 1. The molecule has 1 amide bonds. The van der Waals surface area contributed by atoms with Gasteiger partial charge in [0.05, 0.1) is 19.1 Å². The van der Waals surface area contributed by atoms with Crippen molar-refractivity contribution >= 4 is 40.6 Å². The summed E-state index contributed by atoms with van der Waals surface area (Å²) in [6.07, 6.45) is 0.717. The number of rotatable bonds is 6. The second-order valence-corrected chi connectivity index (χ2v) is 9.10. The van der Waals surface area contributed by atoms with E-state index in [0.717, 1.165) is 26.8 Å². The number of carbonyl (C=O) groups is 1. The van der Waals surface area contributed by atoms with Gasteiger partial charge < -0.3 is 14.8 Å². The van der Waals surface area contributed by atoms with Crippen molar-refractivity contribution in [2.24, 2.45) is 0 Å². The van der Waals surface area contributed by atoms with Gasteiger partial charge >= 0.3 is 0 Å². The van der Waals surface area contributed by atoms with Crippen molar-refractivity contribution in [2.75, 3.05) is 20.8 Å². The van der Waals surface area contributed by atoms with E-state index in [1.165, 1.54) is 15.3 Å². The van der Waals surface area contributed by atoms with Gasteiger partial charge in [-0.15, -0.1) is 23.1 Å². The molecule has 0 unspecified atom stereocenters. The predicted molar refractivity (Wildman–Crippen MR) is 120 cm³/mol. The summed E-state index contributed by atoms with van der Waals surface area (Å²) in [5.74, 6) is 2.21. The Balaban J connectivity index is 1.42. The fourth-order valence-corrected chi connectivity index (χ4v) is 5.88. The number of thiophene rings is 1. The van der Waals surface area contributed by atoms with Crippen molar-refractivity contribution < 1.29 is 14.3 Å². The first kappa shape index (κ1) is 20.1. The molecule has 0 fully saturated rings. The second-order valence-electron chi connectivity index (χ2n) is 6.59. The van der Waals surface area contributed by atoms with Gasteiger partial charge in [0.2, 0.25) is 0 Å².